The van der Waals surface area contributed by atoms with Gasteiger partial charge in [-0.05, 0) is 30.7 Å². The molecule has 0 spiro atoms. The Labute approximate surface area is 182 Å². The summed E-state index contributed by atoms with van der Waals surface area (Å²) < 4.78 is 0.745. The first kappa shape index (κ1) is 20.9. The molecule has 0 aliphatic heterocycles. The molecule has 0 saturated carbocycles. The molecule has 0 unspecified atom stereocenters. The van der Waals surface area contributed by atoms with Gasteiger partial charge in [-0.25, -0.2) is 0 Å². The Balaban J connectivity index is 1.92. The van der Waals surface area contributed by atoms with Crippen LogP contribution in [-0.2, 0) is 11.3 Å². The van der Waals surface area contributed by atoms with Crippen LogP contribution >= 0.6 is 46.1 Å². The standard InChI is InChI=1S/C20H17Cl3N2O2S/c1-3-25(11(2)26)10-12-6-4-5-7-15(12)24-20(27)19-18(23)17-14(22)8-13(21)9-16(17)28-19/h4-9H,3,10H2,1-2H3,(H,24,27). The van der Waals surface area contributed by atoms with Crippen molar-refractivity contribution in [1.82, 2.24) is 4.90 Å². The zero-order valence-electron chi connectivity index (χ0n) is 15.2. The van der Waals surface area contributed by atoms with Gasteiger partial charge in [-0.2, -0.15) is 0 Å². The van der Waals surface area contributed by atoms with Crippen LogP contribution in [0.3, 0.4) is 0 Å². The van der Waals surface area contributed by atoms with Crippen molar-refractivity contribution in [2.75, 3.05) is 11.9 Å². The van der Waals surface area contributed by atoms with E-state index < -0.39 is 0 Å². The molecule has 1 N–H and O–H groups in total. The van der Waals surface area contributed by atoms with E-state index in [1.54, 1.807) is 23.1 Å². The maximum Gasteiger partial charge on any atom is 0.267 e. The molecular formula is C20H17Cl3N2O2S. The Bertz CT molecular complexity index is 1070. The Kier molecular flexibility index (Phi) is 6.50. The molecule has 0 radical (unpaired) electrons. The van der Waals surface area contributed by atoms with Crippen LogP contribution in [0.15, 0.2) is 36.4 Å². The first-order chi connectivity index (χ1) is 13.3. The van der Waals surface area contributed by atoms with Crippen LogP contribution in [0.25, 0.3) is 10.1 Å². The van der Waals surface area contributed by atoms with Gasteiger partial charge in [0.2, 0.25) is 5.91 Å². The average Bonchev–Trinajstić information content (AvgIpc) is 2.97. The molecule has 0 saturated heterocycles. The van der Waals surface area contributed by atoms with Crippen molar-refractivity contribution in [1.29, 1.82) is 0 Å². The van der Waals surface area contributed by atoms with Crippen LogP contribution in [0, 0.1) is 0 Å². The average molecular weight is 456 g/mol. The Morgan fingerprint density at radius 3 is 2.54 bits per heavy atom. The van der Waals surface area contributed by atoms with Gasteiger partial charge in [0, 0.05) is 40.8 Å². The summed E-state index contributed by atoms with van der Waals surface area (Å²) in [4.78, 5) is 26.7. The number of anilines is 1. The number of halogens is 3. The van der Waals surface area contributed by atoms with Gasteiger partial charge in [0.05, 0.1) is 10.0 Å². The minimum absolute atomic E-state index is 0.0253. The van der Waals surface area contributed by atoms with Crippen LogP contribution in [0.4, 0.5) is 5.69 Å². The molecule has 146 valence electrons. The summed E-state index contributed by atoms with van der Waals surface area (Å²) in [5.74, 6) is -0.362. The van der Waals surface area contributed by atoms with Crippen molar-refractivity contribution in [3.8, 4) is 0 Å². The number of carbonyl (C=O) groups is 2. The van der Waals surface area contributed by atoms with E-state index in [0.717, 1.165) is 10.3 Å². The lowest BCUT2D eigenvalue weighted by atomic mass is 10.1. The van der Waals surface area contributed by atoms with E-state index in [4.69, 9.17) is 34.8 Å². The highest BCUT2D eigenvalue weighted by Crippen LogP contribution is 2.41. The molecule has 0 fully saturated rings. The maximum atomic E-state index is 12.9. The van der Waals surface area contributed by atoms with Crippen LogP contribution < -0.4 is 5.32 Å². The van der Waals surface area contributed by atoms with Gasteiger partial charge in [-0.1, -0.05) is 53.0 Å². The number of hydrogen-bond acceptors (Lipinski definition) is 3. The molecule has 2 amide bonds. The summed E-state index contributed by atoms with van der Waals surface area (Å²) in [5.41, 5.74) is 1.47. The lowest BCUT2D eigenvalue weighted by molar-refractivity contribution is -0.129. The monoisotopic (exact) mass is 454 g/mol. The van der Waals surface area contributed by atoms with E-state index in [1.165, 1.54) is 18.3 Å². The van der Waals surface area contributed by atoms with Crippen molar-refractivity contribution in [2.45, 2.75) is 20.4 Å². The smallest absolute Gasteiger partial charge is 0.267 e. The summed E-state index contributed by atoms with van der Waals surface area (Å²) in [5, 5.41) is 4.71. The third-order valence-electron chi connectivity index (χ3n) is 4.31. The molecule has 0 atom stereocenters. The normalized spacial score (nSPS) is 10.9. The van der Waals surface area contributed by atoms with E-state index >= 15 is 0 Å². The van der Waals surface area contributed by atoms with Gasteiger partial charge in [-0.3, -0.25) is 9.59 Å². The predicted octanol–water partition coefficient (Wildman–Crippen LogP) is 6.48. The number of nitrogens with zero attached hydrogens (tertiary/aromatic N) is 1. The number of benzene rings is 2. The molecule has 1 aromatic heterocycles. The first-order valence-corrected chi connectivity index (χ1v) is 10.5. The number of hydrogen-bond donors (Lipinski definition) is 1. The molecule has 1 heterocycles. The highest BCUT2D eigenvalue weighted by Gasteiger charge is 2.21. The minimum atomic E-state index is -0.336. The van der Waals surface area contributed by atoms with Crippen LogP contribution in [0.2, 0.25) is 15.1 Å². The fourth-order valence-electron chi connectivity index (χ4n) is 2.87. The topological polar surface area (TPSA) is 49.4 Å². The van der Waals surface area contributed by atoms with Crippen molar-refractivity contribution in [3.05, 3.63) is 61.9 Å². The zero-order valence-corrected chi connectivity index (χ0v) is 18.3. The number of amides is 2. The maximum absolute atomic E-state index is 12.9. The van der Waals surface area contributed by atoms with Crippen molar-refractivity contribution >= 4 is 73.7 Å². The molecule has 0 aliphatic carbocycles. The van der Waals surface area contributed by atoms with Gasteiger partial charge >= 0.3 is 0 Å². The van der Waals surface area contributed by atoms with Crippen LogP contribution in [0.5, 0.6) is 0 Å². The molecule has 3 rings (SSSR count). The number of fused-ring (bicyclic) bond motifs is 1. The van der Waals surface area contributed by atoms with Gasteiger partial charge < -0.3 is 10.2 Å². The molecule has 0 aliphatic rings. The van der Waals surface area contributed by atoms with Crippen molar-refractivity contribution in [3.63, 3.8) is 0 Å². The Morgan fingerprint density at radius 2 is 1.86 bits per heavy atom. The van der Waals surface area contributed by atoms with Crippen LogP contribution in [-0.4, -0.2) is 23.3 Å². The number of para-hydroxylation sites is 1. The van der Waals surface area contributed by atoms with Gasteiger partial charge in [-0.15, -0.1) is 11.3 Å². The first-order valence-electron chi connectivity index (χ1n) is 8.53. The molecular weight excluding hydrogens is 439 g/mol. The lowest BCUT2D eigenvalue weighted by Crippen LogP contribution is -2.28. The quantitative estimate of drug-likeness (QED) is 0.478. The Morgan fingerprint density at radius 1 is 1.14 bits per heavy atom. The SMILES string of the molecule is CCN(Cc1ccccc1NC(=O)c1sc2cc(Cl)cc(Cl)c2c1Cl)C(C)=O. The number of nitrogens with one attached hydrogen (secondary N) is 1. The summed E-state index contributed by atoms with van der Waals surface area (Å²) in [6.45, 7) is 4.42. The third kappa shape index (κ3) is 4.28. The van der Waals surface area contributed by atoms with E-state index in [0.29, 0.717) is 44.1 Å². The van der Waals surface area contributed by atoms with Gasteiger partial charge in [0.15, 0.2) is 0 Å². The molecule has 28 heavy (non-hydrogen) atoms. The number of rotatable bonds is 5. The van der Waals surface area contributed by atoms with E-state index in [9.17, 15) is 9.59 Å². The summed E-state index contributed by atoms with van der Waals surface area (Å²) in [7, 11) is 0. The molecule has 8 heteroatoms. The van der Waals surface area contributed by atoms with Crippen LogP contribution in [0.1, 0.15) is 29.1 Å². The second-order valence-electron chi connectivity index (χ2n) is 6.15. The van der Waals surface area contributed by atoms with Crippen molar-refractivity contribution < 1.29 is 9.59 Å². The fraction of sp³-hybridized carbons (Fsp3) is 0.200. The van der Waals surface area contributed by atoms with E-state index in [2.05, 4.69) is 5.32 Å². The zero-order chi connectivity index (χ0) is 20.4. The highest BCUT2D eigenvalue weighted by atomic mass is 35.5. The molecule has 3 aromatic rings. The number of thiophene rings is 1. The second kappa shape index (κ2) is 8.70. The fourth-order valence-corrected chi connectivity index (χ4v) is 5.14. The lowest BCUT2D eigenvalue weighted by Gasteiger charge is -2.21. The highest BCUT2D eigenvalue weighted by molar-refractivity contribution is 7.21. The second-order valence-corrected chi connectivity index (χ2v) is 8.42. The van der Waals surface area contributed by atoms with Crippen molar-refractivity contribution in [2.24, 2.45) is 0 Å². The summed E-state index contributed by atoms with van der Waals surface area (Å²) >= 11 is 20.0. The third-order valence-corrected chi connectivity index (χ3v) is 6.45. The van der Waals surface area contributed by atoms with Gasteiger partial charge in [0.25, 0.3) is 5.91 Å². The molecule has 4 nitrogen and oxygen atoms in total. The molecule has 2 aromatic carbocycles. The Hall–Kier alpha value is -1.79. The summed E-state index contributed by atoms with van der Waals surface area (Å²) in [6.07, 6.45) is 0. The van der Waals surface area contributed by atoms with Gasteiger partial charge in [0.1, 0.15) is 4.88 Å². The van der Waals surface area contributed by atoms with E-state index in [1.807, 2.05) is 25.1 Å². The summed E-state index contributed by atoms with van der Waals surface area (Å²) in [6, 6.07) is 10.7. The molecule has 0 bridgehead atoms. The predicted molar refractivity (Wildman–Crippen MR) is 118 cm³/mol. The minimum Gasteiger partial charge on any atom is -0.339 e. The number of carbonyl (C=O) groups excluding carboxylic acids is 2. The van der Waals surface area contributed by atoms with E-state index in [-0.39, 0.29) is 11.8 Å². The largest absolute Gasteiger partial charge is 0.339 e.